The number of rotatable bonds is 5. The second kappa shape index (κ2) is 7.10. The van der Waals surface area contributed by atoms with Crippen LogP contribution in [0.5, 0.6) is 0 Å². The molecular formula is C21H21NO. The Morgan fingerprint density at radius 3 is 2.48 bits per heavy atom. The molecule has 0 saturated carbocycles. The predicted molar refractivity (Wildman–Crippen MR) is 95.3 cm³/mol. The lowest BCUT2D eigenvalue weighted by atomic mass is 10.0. The van der Waals surface area contributed by atoms with Crippen LogP contribution in [0.2, 0.25) is 0 Å². The van der Waals surface area contributed by atoms with E-state index in [1.807, 2.05) is 18.2 Å². The Morgan fingerprint density at radius 2 is 1.65 bits per heavy atom. The maximum Gasteiger partial charge on any atom is 0.220 e. The standard InChI is InChI=1S/C21H21NO/c1-16-9-11-17(12-10-16)13-14-21(23)22-15-19-7-4-6-18-5-2-3-8-20(18)19/h2-12H,13-15H2,1H3,(H,22,23). The summed E-state index contributed by atoms with van der Waals surface area (Å²) in [6.45, 7) is 2.65. The summed E-state index contributed by atoms with van der Waals surface area (Å²) in [4.78, 5) is 12.1. The zero-order valence-corrected chi connectivity index (χ0v) is 13.4. The van der Waals surface area contributed by atoms with Gasteiger partial charge in [-0.25, -0.2) is 0 Å². The lowest BCUT2D eigenvalue weighted by molar-refractivity contribution is -0.121. The quantitative estimate of drug-likeness (QED) is 0.744. The molecule has 0 aliphatic heterocycles. The second-order valence-corrected chi connectivity index (χ2v) is 5.90. The van der Waals surface area contributed by atoms with E-state index < -0.39 is 0 Å². The summed E-state index contributed by atoms with van der Waals surface area (Å²) in [5.74, 6) is 0.0958. The van der Waals surface area contributed by atoms with E-state index in [4.69, 9.17) is 0 Å². The average Bonchev–Trinajstić information content (AvgIpc) is 2.59. The van der Waals surface area contributed by atoms with Crippen molar-refractivity contribution in [3.05, 3.63) is 83.4 Å². The molecule has 116 valence electrons. The van der Waals surface area contributed by atoms with Crippen LogP contribution in [0, 0.1) is 6.92 Å². The Bertz CT molecular complexity index is 800. The van der Waals surface area contributed by atoms with E-state index in [9.17, 15) is 4.79 Å². The maximum absolute atomic E-state index is 12.1. The van der Waals surface area contributed by atoms with Crippen LogP contribution in [0.3, 0.4) is 0 Å². The number of carbonyl (C=O) groups excluding carboxylic acids is 1. The van der Waals surface area contributed by atoms with E-state index in [-0.39, 0.29) is 5.91 Å². The summed E-state index contributed by atoms with van der Waals surface area (Å²) in [5, 5.41) is 5.44. The Balaban J connectivity index is 1.57. The smallest absolute Gasteiger partial charge is 0.220 e. The fourth-order valence-electron chi connectivity index (χ4n) is 2.74. The minimum Gasteiger partial charge on any atom is -0.352 e. The van der Waals surface area contributed by atoms with Crippen molar-refractivity contribution in [2.75, 3.05) is 0 Å². The van der Waals surface area contributed by atoms with Gasteiger partial charge in [-0.2, -0.15) is 0 Å². The SMILES string of the molecule is Cc1ccc(CCC(=O)NCc2cccc3ccccc23)cc1. The molecule has 0 aromatic heterocycles. The van der Waals surface area contributed by atoms with Crippen molar-refractivity contribution in [2.24, 2.45) is 0 Å². The molecule has 0 fully saturated rings. The number of nitrogens with one attached hydrogen (secondary N) is 1. The lowest BCUT2D eigenvalue weighted by Gasteiger charge is -2.09. The van der Waals surface area contributed by atoms with Crippen molar-refractivity contribution in [2.45, 2.75) is 26.3 Å². The van der Waals surface area contributed by atoms with Crippen molar-refractivity contribution >= 4 is 16.7 Å². The van der Waals surface area contributed by atoms with Crippen molar-refractivity contribution < 1.29 is 4.79 Å². The highest BCUT2D eigenvalue weighted by molar-refractivity contribution is 5.86. The highest BCUT2D eigenvalue weighted by Crippen LogP contribution is 2.18. The minimum atomic E-state index is 0.0958. The first kappa shape index (κ1) is 15.3. The van der Waals surface area contributed by atoms with Crippen LogP contribution in [-0.4, -0.2) is 5.91 Å². The number of hydrogen-bond donors (Lipinski definition) is 1. The average molecular weight is 303 g/mol. The van der Waals surface area contributed by atoms with Gasteiger partial charge in [-0.15, -0.1) is 0 Å². The number of benzene rings is 3. The van der Waals surface area contributed by atoms with Crippen LogP contribution >= 0.6 is 0 Å². The topological polar surface area (TPSA) is 29.1 Å². The van der Waals surface area contributed by atoms with E-state index >= 15 is 0 Å². The number of carbonyl (C=O) groups is 1. The highest BCUT2D eigenvalue weighted by atomic mass is 16.1. The van der Waals surface area contributed by atoms with E-state index in [1.54, 1.807) is 0 Å². The van der Waals surface area contributed by atoms with Gasteiger partial charge in [0, 0.05) is 13.0 Å². The molecule has 3 aromatic carbocycles. The number of fused-ring (bicyclic) bond motifs is 1. The van der Waals surface area contributed by atoms with Crippen molar-refractivity contribution in [3.63, 3.8) is 0 Å². The summed E-state index contributed by atoms with van der Waals surface area (Å²) >= 11 is 0. The first-order valence-electron chi connectivity index (χ1n) is 8.01. The van der Waals surface area contributed by atoms with Gasteiger partial charge < -0.3 is 5.32 Å². The van der Waals surface area contributed by atoms with E-state index in [1.165, 1.54) is 21.9 Å². The highest BCUT2D eigenvalue weighted by Gasteiger charge is 2.04. The summed E-state index contributed by atoms with van der Waals surface area (Å²) in [6, 6.07) is 22.8. The normalized spacial score (nSPS) is 10.7. The van der Waals surface area contributed by atoms with Gasteiger partial charge in [0.1, 0.15) is 0 Å². The first-order chi connectivity index (χ1) is 11.2. The summed E-state index contributed by atoms with van der Waals surface area (Å²) < 4.78 is 0. The molecule has 0 aliphatic carbocycles. The Labute approximate surface area is 137 Å². The monoisotopic (exact) mass is 303 g/mol. The third-order valence-corrected chi connectivity index (χ3v) is 4.12. The molecule has 3 aromatic rings. The number of amides is 1. The third kappa shape index (κ3) is 3.98. The third-order valence-electron chi connectivity index (χ3n) is 4.12. The zero-order chi connectivity index (χ0) is 16.1. The predicted octanol–water partition coefficient (Wildman–Crippen LogP) is 4.40. The Kier molecular flexibility index (Phi) is 4.72. The van der Waals surface area contributed by atoms with E-state index in [0.717, 1.165) is 12.0 Å². The fraction of sp³-hybridized carbons (Fsp3) is 0.190. The molecule has 0 atom stereocenters. The van der Waals surface area contributed by atoms with Crippen molar-refractivity contribution in [3.8, 4) is 0 Å². The van der Waals surface area contributed by atoms with Gasteiger partial charge in [-0.1, -0.05) is 72.3 Å². The van der Waals surface area contributed by atoms with Crippen molar-refractivity contribution in [1.82, 2.24) is 5.32 Å². The molecule has 0 bridgehead atoms. The van der Waals surface area contributed by atoms with Gasteiger partial charge in [0.05, 0.1) is 0 Å². The second-order valence-electron chi connectivity index (χ2n) is 5.90. The van der Waals surface area contributed by atoms with Crippen LogP contribution in [0.4, 0.5) is 0 Å². The minimum absolute atomic E-state index is 0.0958. The molecule has 0 unspecified atom stereocenters. The molecule has 2 heteroatoms. The zero-order valence-electron chi connectivity index (χ0n) is 13.4. The molecule has 1 N–H and O–H groups in total. The van der Waals surface area contributed by atoms with Gasteiger partial charge in [-0.3, -0.25) is 4.79 Å². The molecule has 0 spiro atoms. The molecule has 0 saturated heterocycles. The van der Waals surface area contributed by atoms with Crippen LogP contribution in [0.1, 0.15) is 23.1 Å². The molecule has 0 aliphatic rings. The van der Waals surface area contributed by atoms with Gasteiger partial charge >= 0.3 is 0 Å². The molecule has 1 amide bonds. The number of aryl methyl sites for hydroxylation is 2. The summed E-state index contributed by atoms with van der Waals surface area (Å²) in [7, 11) is 0. The summed E-state index contributed by atoms with van der Waals surface area (Å²) in [5.41, 5.74) is 3.61. The first-order valence-corrected chi connectivity index (χ1v) is 8.01. The molecule has 0 heterocycles. The van der Waals surface area contributed by atoms with E-state index in [0.29, 0.717) is 13.0 Å². The van der Waals surface area contributed by atoms with Gasteiger partial charge in [0.25, 0.3) is 0 Å². The number of hydrogen-bond acceptors (Lipinski definition) is 1. The molecule has 2 nitrogen and oxygen atoms in total. The molecular weight excluding hydrogens is 282 g/mol. The van der Waals surface area contributed by atoms with Crippen LogP contribution in [0.25, 0.3) is 10.8 Å². The molecule has 3 rings (SSSR count). The Hall–Kier alpha value is -2.61. The fourth-order valence-corrected chi connectivity index (χ4v) is 2.74. The summed E-state index contributed by atoms with van der Waals surface area (Å²) in [6.07, 6.45) is 1.30. The van der Waals surface area contributed by atoms with Gasteiger partial charge in [-0.05, 0) is 35.2 Å². The van der Waals surface area contributed by atoms with Crippen LogP contribution in [0.15, 0.2) is 66.7 Å². The van der Waals surface area contributed by atoms with Crippen LogP contribution < -0.4 is 5.32 Å². The van der Waals surface area contributed by atoms with Crippen molar-refractivity contribution in [1.29, 1.82) is 0 Å². The Morgan fingerprint density at radius 1 is 0.913 bits per heavy atom. The largest absolute Gasteiger partial charge is 0.352 e. The molecule has 0 radical (unpaired) electrons. The molecule has 23 heavy (non-hydrogen) atoms. The van der Waals surface area contributed by atoms with Gasteiger partial charge in [0.2, 0.25) is 5.91 Å². The lowest BCUT2D eigenvalue weighted by Crippen LogP contribution is -2.23. The van der Waals surface area contributed by atoms with E-state index in [2.05, 4.69) is 60.8 Å². The van der Waals surface area contributed by atoms with Gasteiger partial charge in [0.15, 0.2) is 0 Å². The van der Waals surface area contributed by atoms with Crippen LogP contribution in [-0.2, 0) is 17.8 Å². The maximum atomic E-state index is 12.1.